The van der Waals surface area contributed by atoms with Crippen LogP contribution in [0.3, 0.4) is 0 Å². The minimum Gasteiger partial charge on any atom is -0.374 e. The quantitative estimate of drug-likeness (QED) is 0.898. The Kier molecular flexibility index (Phi) is 4.14. The number of benzene rings is 2. The fourth-order valence-corrected chi connectivity index (χ4v) is 2.64. The molecule has 2 aromatic rings. The molecule has 0 aliphatic heterocycles. The Hall–Kier alpha value is -1.64. The normalized spacial score (nSPS) is 21.4. The molecule has 0 atom stereocenters. The van der Waals surface area contributed by atoms with Crippen LogP contribution >= 0.6 is 0 Å². The third-order valence-electron chi connectivity index (χ3n) is 4.07. The summed E-state index contributed by atoms with van der Waals surface area (Å²) in [5.74, 6) is 0.681. The lowest BCUT2D eigenvalue weighted by atomic mass is 9.82. The van der Waals surface area contributed by atoms with Crippen LogP contribution < -0.4 is 5.73 Å². The van der Waals surface area contributed by atoms with Crippen LogP contribution in [0.25, 0.3) is 11.1 Å². The van der Waals surface area contributed by atoms with Crippen molar-refractivity contribution in [3.8, 4) is 11.1 Å². The topological polar surface area (TPSA) is 35.2 Å². The van der Waals surface area contributed by atoms with E-state index >= 15 is 0 Å². The molecule has 2 aromatic carbocycles. The molecule has 1 aliphatic carbocycles. The van der Waals surface area contributed by atoms with Crippen molar-refractivity contribution >= 4 is 0 Å². The van der Waals surface area contributed by atoms with Gasteiger partial charge in [-0.1, -0.05) is 54.6 Å². The van der Waals surface area contributed by atoms with E-state index in [1.54, 1.807) is 0 Å². The van der Waals surface area contributed by atoms with E-state index in [9.17, 15) is 0 Å². The van der Waals surface area contributed by atoms with Crippen LogP contribution in [-0.4, -0.2) is 12.6 Å². The Bertz CT molecular complexity index is 529. The first-order valence-corrected chi connectivity index (χ1v) is 7.31. The SMILES string of the molecule is NC[C@H]1C[C@H](OCc2ccc(-c3ccccc3)cc2)C1. The standard InChI is InChI=1S/C18H21NO/c19-12-15-10-18(11-15)20-13-14-6-8-17(9-7-14)16-4-2-1-3-5-16/h1-9,15,18H,10-13,19H2/t15-,18-. The maximum atomic E-state index is 5.89. The van der Waals surface area contributed by atoms with Crippen LogP contribution in [-0.2, 0) is 11.3 Å². The first-order chi connectivity index (χ1) is 9.85. The van der Waals surface area contributed by atoms with Crippen molar-refractivity contribution in [3.63, 3.8) is 0 Å². The van der Waals surface area contributed by atoms with Crippen molar-refractivity contribution in [2.45, 2.75) is 25.6 Å². The highest BCUT2D eigenvalue weighted by Crippen LogP contribution is 2.29. The Morgan fingerprint density at radius 3 is 2.20 bits per heavy atom. The zero-order valence-corrected chi connectivity index (χ0v) is 11.7. The van der Waals surface area contributed by atoms with Gasteiger partial charge in [-0.15, -0.1) is 0 Å². The molecule has 0 amide bonds. The number of rotatable bonds is 5. The average Bonchev–Trinajstić information content (AvgIpc) is 2.47. The lowest BCUT2D eigenvalue weighted by Crippen LogP contribution is -2.35. The lowest BCUT2D eigenvalue weighted by molar-refractivity contribution is -0.0375. The molecule has 1 aliphatic rings. The first kappa shape index (κ1) is 13.3. The molecule has 0 heterocycles. The van der Waals surface area contributed by atoms with E-state index in [-0.39, 0.29) is 0 Å². The molecular formula is C18H21NO. The Morgan fingerprint density at radius 2 is 1.55 bits per heavy atom. The van der Waals surface area contributed by atoms with Crippen molar-refractivity contribution in [1.82, 2.24) is 0 Å². The summed E-state index contributed by atoms with van der Waals surface area (Å²) in [5, 5.41) is 0. The molecule has 0 saturated heterocycles. The summed E-state index contributed by atoms with van der Waals surface area (Å²) < 4.78 is 5.89. The third-order valence-corrected chi connectivity index (χ3v) is 4.07. The highest BCUT2D eigenvalue weighted by atomic mass is 16.5. The second-order valence-corrected chi connectivity index (χ2v) is 5.57. The summed E-state index contributed by atoms with van der Waals surface area (Å²) in [7, 11) is 0. The van der Waals surface area contributed by atoms with Crippen molar-refractivity contribution < 1.29 is 4.74 Å². The van der Waals surface area contributed by atoms with Gasteiger partial charge in [0.15, 0.2) is 0 Å². The van der Waals surface area contributed by atoms with Gasteiger partial charge >= 0.3 is 0 Å². The third kappa shape index (κ3) is 3.09. The number of ether oxygens (including phenoxy) is 1. The van der Waals surface area contributed by atoms with Gasteiger partial charge in [-0.3, -0.25) is 0 Å². The molecule has 1 fully saturated rings. The highest BCUT2D eigenvalue weighted by Gasteiger charge is 2.28. The summed E-state index contributed by atoms with van der Waals surface area (Å²) in [4.78, 5) is 0. The van der Waals surface area contributed by atoms with Crippen LogP contribution in [0.15, 0.2) is 54.6 Å². The van der Waals surface area contributed by atoms with Gasteiger partial charge in [0.1, 0.15) is 0 Å². The molecule has 0 bridgehead atoms. The van der Waals surface area contributed by atoms with Crippen molar-refractivity contribution in [3.05, 3.63) is 60.2 Å². The molecule has 0 spiro atoms. The fourth-order valence-electron chi connectivity index (χ4n) is 2.64. The molecule has 1 saturated carbocycles. The smallest absolute Gasteiger partial charge is 0.0720 e. The second kappa shape index (κ2) is 6.21. The molecule has 2 N–H and O–H groups in total. The molecule has 2 heteroatoms. The van der Waals surface area contributed by atoms with E-state index in [1.807, 2.05) is 6.07 Å². The van der Waals surface area contributed by atoms with Crippen molar-refractivity contribution in [2.75, 3.05) is 6.54 Å². The Labute approximate surface area is 120 Å². The second-order valence-electron chi connectivity index (χ2n) is 5.57. The number of nitrogens with two attached hydrogens (primary N) is 1. The zero-order chi connectivity index (χ0) is 13.8. The molecule has 20 heavy (non-hydrogen) atoms. The van der Waals surface area contributed by atoms with Crippen LogP contribution in [0.1, 0.15) is 18.4 Å². The van der Waals surface area contributed by atoms with Crippen LogP contribution in [0.5, 0.6) is 0 Å². The minimum absolute atomic E-state index is 0.414. The summed E-state index contributed by atoms with van der Waals surface area (Å²) in [6, 6.07) is 19.1. The van der Waals surface area contributed by atoms with Crippen LogP contribution in [0, 0.1) is 5.92 Å². The maximum absolute atomic E-state index is 5.89. The molecule has 2 nitrogen and oxygen atoms in total. The molecule has 0 radical (unpaired) electrons. The van der Waals surface area contributed by atoms with E-state index in [1.165, 1.54) is 16.7 Å². The molecule has 104 valence electrons. The fraction of sp³-hybridized carbons (Fsp3) is 0.333. The Balaban J connectivity index is 1.54. The van der Waals surface area contributed by atoms with E-state index in [4.69, 9.17) is 10.5 Å². The molecular weight excluding hydrogens is 246 g/mol. The van der Waals surface area contributed by atoms with Crippen molar-refractivity contribution in [2.24, 2.45) is 11.7 Å². The summed E-state index contributed by atoms with van der Waals surface area (Å²) >= 11 is 0. The van der Waals surface area contributed by atoms with Gasteiger partial charge in [0.25, 0.3) is 0 Å². The highest BCUT2D eigenvalue weighted by molar-refractivity contribution is 5.63. The summed E-state index contributed by atoms with van der Waals surface area (Å²) in [5.41, 5.74) is 9.36. The zero-order valence-electron chi connectivity index (χ0n) is 11.7. The van der Waals surface area contributed by atoms with E-state index in [2.05, 4.69) is 48.5 Å². The minimum atomic E-state index is 0.414. The Morgan fingerprint density at radius 1 is 0.900 bits per heavy atom. The van der Waals surface area contributed by atoms with Crippen LogP contribution in [0.4, 0.5) is 0 Å². The van der Waals surface area contributed by atoms with Gasteiger partial charge in [-0.25, -0.2) is 0 Å². The van der Waals surface area contributed by atoms with E-state index in [0.717, 1.165) is 19.4 Å². The summed E-state index contributed by atoms with van der Waals surface area (Å²) in [6.45, 7) is 1.50. The van der Waals surface area contributed by atoms with E-state index in [0.29, 0.717) is 18.6 Å². The monoisotopic (exact) mass is 267 g/mol. The first-order valence-electron chi connectivity index (χ1n) is 7.31. The average molecular weight is 267 g/mol. The van der Waals surface area contributed by atoms with Gasteiger partial charge in [-0.2, -0.15) is 0 Å². The maximum Gasteiger partial charge on any atom is 0.0720 e. The van der Waals surface area contributed by atoms with Gasteiger partial charge in [0.2, 0.25) is 0 Å². The van der Waals surface area contributed by atoms with Gasteiger partial charge in [0, 0.05) is 0 Å². The molecule has 0 unspecified atom stereocenters. The van der Waals surface area contributed by atoms with Crippen molar-refractivity contribution in [1.29, 1.82) is 0 Å². The lowest BCUT2D eigenvalue weighted by Gasteiger charge is -2.34. The van der Waals surface area contributed by atoms with E-state index < -0.39 is 0 Å². The largest absolute Gasteiger partial charge is 0.374 e. The van der Waals surface area contributed by atoms with Gasteiger partial charge < -0.3 is 10.5 Å². The number of hydrogen-bond acceptors (Lipinski definition) is 2. The predicted octanol–water partition coefficient (Wildman–Crippen LogP) is 3.61. The van der Waals surface area contributed by atoms with Crippen LogP contribution in [0.2, 0.25) is 0 Å². The predicted molar refractivity (Wildman–Crippen MR) is 82.2 cm³/mol. The molecule has 3 rings (SSSR count). The number of hydrogen-bond donors (Lipinski definition) is 1. The van der Waals surface area contributed by atoms with Gasteiger partial charge in [0.05, 0.1) is 12.7 Å². The van der Waals surface area contributed by atoms with Gasteiger partial charge in [-0.05, 0) is 42.0 Å². The summed E-state index contributed by atoms with van der Waals surface area (Å²) in [6.07, 6.45) is 2.66. The molecule has 0 aromatic heterocycles.